The average molecular weight is 243 g/mol. The molecule has 0 aromatic carbocycles. The molecule has 1 heterocycles. The van der Waals surface area contributed by atoms with Crippen molar-refractivity contribution in [3.8, 4) is 0 Å². The van der Waals surface area contributed by atoms with Crippen LogP contribution in [0.3, 0.4) is 0 Å². The van der Waals surface area contributed by atoms with Crippen LogP contribution in [0.1, 0.15) is 18.5 Å². The first-order chi connectivity index (χ1) is 7.46. The number of nitrogens with two attached hydrogens (primary N) is 1. The van der Waals surface area contributed by atoms with Crippen LogP contribution >= 0.6 is 0 Å². The lowest BCUT2D eigenvalue weighted by atomic mass is 10.4. The summed E-state index contributed by atoms with van der Waals surface area (Å²) in [5.41, 5.74) is 6.35. The van der Waals surface area contributed by atoms with E-state index in [2.05, 4.69) is 0 Å². The van der Waals surface area contributed by atoms with Crippen LogP contribution in [-0.2, 0) is 23.6 Å². The Balaban J connectivity index is 2.34. The van der Waals surface area contributed by atoms with Crippen molar-refractivity contribution in [1.82, 2.24) is 8.87 Å². The quantitative estimate of drug-likeness (QED) is 0.825. The summed E-state index contributed by atoms with van der Waals surface area (Å²) in [6.45, 7) is 0.346. The monoisotopic (exact) mass is 243 g/mol. The summed E-state index contributed by atoms with van der Waals surface area (Å²) in [6.07, 6.45) is 3.55. The third kappa shape index (κ3) is 1.88. The van der Waals surface area contributed by atoms with Crippen molar-refractivity contribution in [2.24, 2.45) is 12.8 Å². The van der Waals surface area contributed by atoms with Crippen molar-refractivity contribution < 1.29 is 8.42 Å². The maximum absolute atomic E-state index is 12.2. The molecule has 0 spiro atoms. The molecule has 1 fully saturated rings. The Morgan fingerprint density at radius 1 is 1.56 bits per heavy atom. The van der Waals surface area contributed by atoms with Crippen molar-refractivity contribution in [3.05, 3.63) is 18.0 Å². The van der Waals surface area contributed by atoms with E-state index in [4.69, 9.17) is 5.73 Å². The van der Waals surface area contributed by atoms with Gasteiger partial charge in [-0.3, -0.25) is 0 Å². The second kappa shape index (κ2) is 3.87. The molecule has 0 atom stereocenters. The molecule has 16 heavy (non-hydrogen) atoms. The van der Waals surface area contributed by atoms with Gasteiger partial charge in [0.2, 0.25) is 10.0 Å². The second-order valence-corrected chi connectivity index (χ2v) is 6.23. The minimum Gasteiger partial charge on any atom is -0.352 e. The highest BCUT2D eigenvalue weighted by Gasteiger charge is 2.35. The van der Waals surface area contributed by atoms with Crippen molar-refractivity contribution in [3.63, 3.8) is 0 Å². The zero-order valence-corrected chi connectivity index (χ0v) is 10.4. The molecule has 0 bridgehead atoms. The van der Waals surface area contributed by atoms with Gasteiger partial charge in [0.05, 0.1) is 0 Å². The van der Waals surface area contributed by atoms with Gasteiger partial charge in [0.15, 0.2) is 0 Å². The van der Waals surface area contributed by atoms with Gasteiger partial charge in [-0.1, -0.05) is 0 Å². The first-order valence-corrected chi connectivity index (χ1v) is 6.74. The highest BCUT2D eigenvalue weighted by Crippen LogP contribution is 2.30. The molecule has 5 nitrogen and oxygen atoms in total. The van der Waals surface area contributed by atoms with Gasteiger partial charge in [0, 0.05) is 38.6 Å². The predicted molar refractivity (Wildman–Crippen MR) is 61.3 cm³/mol. The molecule has 1 saturated carbocycles. The highest BCUT2D eigenvalue weighted by molar-refractivity contribution is 7.89. The second-order valence-electron chi connectivity index (χ2n) is 4.23. The number of hydrogen-bond donors (Lipinski definition) is 1. The van der Waals surface area contributed by atoms with Gasteiger partial charge in [-0.05, 0) is 18.9 Å². The summed E-state index contributed by atoms with van der Waals surface area (Å²) < 4.78 is 27.6. The van der Waals surface area contributed by atoms with Crippen molar-refractivity contribution >= 4 is 10.0 Å². The van der Waals surface area contributed by atoms with E-state index in [0.717, 1.165) is 18.5 Å². The molecular weight excluding hydrogens is 226 g/mol. The average Bonchev–Trinajstić information content (AvgIpc) is 3.00. The Bertz CT molecular complexity index is 488. The molecule has 0 saturated heterocycles. The minimum absolute atomic E-state index is 0.187. The fraction of sp³-hybridized carbons (Fsp3) is 0.600. The lowest BCUT2D eigenvalue weighted by molar-refractivity contribution is 0.464. The zero-order chi connectivity index (χ0) is 11.9. The van der Waals surface area contributed by atoms with Gasteiger partial charge in [-0.2, -0.15) is 4.31 Å². The molecule has 0 radical (unpaired) electrons. The van der Waals surface area contributed by atoms with Crippen LogP contribution in [0, 0.1) is 0 Å². The Morgan fingerprint density at radius 2 is 2.19 bits per heavy atom. The molecule has 0 amide bonds. The van der Waals surface area contributed by atoms with E-state index in [1.165, 1.54) is 4.31 Å². The molecular formula is C10H17N3O2S. The van der Waals surface area contributed by atoms with Crippen LogP contribution in [-0.4, -0.2) is 30.4 Å². The van der Waals surface area contributed by atoms with E-state index in [-0.39, 0.29) is 6.04 Å². The van der Waals surface area contributed by atoms with E-state index >= 15 is 0 Å². The number of rotatable bonds is 4. The largest absolute Gasteiger partial charge is 0.352 e. The van der Waals surface area contributed by atoms with Crippen LogP contribution in [0.5, 0.6) is 0 Å². The van der Waals surface area contributed by atoms with E-state index in [0.29, 0.717) is 11.4 Å². The summed E-state index contributed by atoms with van der Waals surface area (Å²) in [4.78, 5) is 0.338. The maximum atomic E-state index is 12.2. The summed E-state index contributed by atoms with van der Waals surface area (Å²) in [7, 11) is 0.114. The van der Waals surface area contributed by atoms with Crippen LogP contribution in [0.2, 0.25) is 0 Å². The van der Waals surface area contributed by atoms with Crippen LogP contribution in [0.15, 0.2) is 17.2 Å². The highest BCUT2D eigenvalue weighted by atomic mass is 32.2. The third-order valence-corrected chi connectivity index (χ3v) is 4.91. The Labute approximate surface area is 95.9 Å². The molecule has 2 rings (SSSR count). The first-order valence-electron chi connectivity index (χ1n) is 5.30. The van der Waals surface area contributed by atoms with Crippen LogP contribution in [0.25, 0.3) is 0 Å². The summed E-state index contributed by atoms with van der Waals surface area (Å²) >= 11 is 0. The van der Waals surface area contributed by atoms with Crippen LogP contribution < -0.4 is 5.73 Å². The minimum atomic E-state index is -3.33. The molecule has 1 aliphatic carbocycles. The number of hydrogen-bond acceptors (Lipinski definition) is 3. The molecule has 0 unspecified atom stereocenters. The van der Waals surface area contributed by atoms with Gasteiger partial charge in [-0.15, -0.1) is 0 Å². The normalized spacial score (nSPS) is 17.0. The van der Waals surface area contributed by atoms with E-state index in [1.54, 1.807) is 30.9 Å². The molecule has 6 heteroatoms. The summed E-state index contributed by atoms with van der Waals surface area (Å²) in [5.74, 6) is 0. The molecule has 0 aliphatic heterocycles. The predicted octanol–water partition coefficient (Wildman–Crippen LogP) is 0.267. The van der Waals surface area contributed by atoms with Crippen molar-refractivity contribution in [2.45, 2.75) is 30.3 Å². The molecule has 90 valence electrons. The molecule has 1 aromatic heterocycles. The first kappa shape index (κ1) is 11.6. The van der Waals surface area contributed by atoms with Gasteiger partial charge < -0.3 is 10.3 Å². The summed E-state index contributed by atoms with van der Waals surface area (Å²) in [6, 6.07) is 1.83. The third-order valence-electron chi connectivity index (χ3n) is 3.03. The van der Waals surface area contributed by atoms with E-state index < -0.39 is 10.0 Å². The topological polar surface area (TPSA) is 68.3 Å². The lowest BCUT2D eigenvalue weighted by Crippen LogP contribution is -2.28. The fourth-order valence-corrected chi connectivity index (χ4v) is 3.23. The van der Waals surface area contributed by atoms with E-state index in [9.17, 15) is 8.42 Å². The Morgan fingerprint density at radius 3 is 2.62 bits per heavy atom. The molecule has 1 aromatic rings. The summed E-state index contributed by atoms with van der Waals surface area (Å²) in [5, 5.41) is 0. The number of aryl methyl sites for hydroxylation is 1. The van der Waals surface area contributed by atoms with E-state index in [1.807, 2.05) is 0 Å². The lowest BCUT2D eigenvalue weighted by Gasteiger charge is -2.14. The zero-order valence-electron chi connectivity index (χ0n) is 9.55. The molecule has 2 N–H and O–H groups in total. The smallest absolute Gasteiger partial charge is 0.244 e. The standard InChI is InChI=1S/C10H17N3O2S/c1-12-7-10(5-9(12)6-11)16(14,15)13(2)8-3-4-8/h5,7-8H,3-4,6,11H2,1-2H3. The number of sulfonamides is 1. The Hall–Kier alpha value is -0.850. The van der Waals surface area contributed by atoms with Gasteiger partial charge >= 0.3 is 0 Å². The van der Waals surface area contributed by atoms with Crippen molar-refractivity contribution in [2.75, 3.05) is 7.05 Å². The SMILES string of the molecule is CN(C1CC1)S(=O)(=O)c1cc(CN)n(C)c1. The fourth-order valence-electron chi connectivity index (χ4n) is 1.72. The maximum Gasteiger partial charge on any atom is 0.244 e. The van der Waals surface area contributed by atoms with Crippen molar-refractivity contribution in [1.29, 1.82) is 0 Å². The van der Waals surface area contributed by atoms with Gasteiger partial charge in [0.1, 0.15) is 4.90 Å². The number of aromatic nitrogens is 1. The Kier molecular flexibility index (Phi) is 2.81. The molecule has 1 aliphatic rings. The van der Waals surface area contributed by atoms with Gasteiger partial charge in [-0.25, -0.2) is 8.42 Å². The van der Waals surface area contributed by atoms with Gasteiger partial charge in [0.25, 0.3) is 0 Å². The van der Waals surface area contributed by atoms with Crippen LogP contribution in [0.4, 0.5) is 0 Å². The number of nitrogens with zero attached hydrogens (tertiary/aromatic N) is 2.